The molecule has 0 nitrogen and oxygen atoms in total. The van der Waals surface area contributed by atoms with Crippen LogP contribution in [0.15, 0.2) is 24.3 Å². The van der Waals surface area contributed by atoms with Crippen molar-refractivity contribution in [3.63, 3.8) is 0 Å². The molecule has 0 bridgehead atoms. The Morgan fingerprint density at radius 2 is 2.27 bits per heavy atom. The third-order valence-corrected chi connectivity index (χ3v) is 1.56. The highest BCUT2D eigenvalue weighted by Crippen LogP contribution is 2.08. The highest BCUT2D eigenvalue weighted by Gasteiger charge is 1.99. The van der Waals surface area contributed by atoms with Crippen LogP contribution >= 0.6 is 11.6 Å². The van der Waals surface area contributed by atoms with Gasteiger partial charge in [0.1, 0.15) is 5.82 Å². The summed E-state index contributed by atoms with van der Waals surface area (Å²) in [6.45, 7) is 1.90. The first kappa shape index (κ1) is 8.54. The minimum atomic E-state index is -0.195. The molecule has 1 aromatic rings. The summed E-state index contributed by atoms with van der Waals surface area (Å²) >= 11 is 5.74. The monoisotopic (exact) mass is 172 g/mol. The van der Waals surface area contributed by atoms with Gasteiger partial charge in [0.05, 0.1) is 0 Å². The number of alkyl halides is 1. The van der Waals surface area contributed by atoms with Crippen molar-refractivity contribution in [3.8, 4) is 0 Å². The van der Waals surface area contributed by atoms with E-state index in [2.05, 4.69) is 0 Å². The molecule has 0 amide bonds. The summed E-state index contributed by atoms with van der Waals surface area (Å²) in [7, 11) is 0. The first-order valence-corrected chi connectivity index (χ1v) is 4.00. The van der Waals surface area contributed by atoms with Gasteiger partial charge in [-0.15, -0.1) is 11.6 Å². The predicted molar refractivity (Wildman–Crippen MR) is 45.4 cm³/mol. The summed E-state index contributed by atoms with van der Waals surface area (Å²) < 4.78 is 12.6. The Balaban J connectivity index is 2.71. The molecule has 2 heteroatoms. The van der Waals surface area contributed by atoms with Crippen LogP contribution in [-0.4, -0.2) is 5.38 Å². The predicted octanol–water partition coefficient (Wildman–Crippen LogP) is 3.00. The van der Waals surface area contributed by atoms with Gasteiger partial charge in [-0.3, -0.25) is 0 Å². The van der Waals surface area contributed by atoms with Crippen LogP contribution in [0, 0.1) is 5.82 Å². The molecule has 0 aliphatic carbocycles. The highest BCUT2D eigenvalue weighted by molar-refractivity contribution is 6.20. The van der Waals surface area contributed by atoms with Gasteiger partial charge in [-0.05, 0) is 31.0 Å². The molecule has 0 aromatic heterocycles. The number of benzene rings is 1. The van der Waals surface area contributed by atoms with Crippen LogP contribution in [0.2, 0.25) is 0 Å². The maximum absolute atomic E-state index is 12.6. The smallest absolute Gasteiger partial charge is 0.123 e. The zero-order valence-corrected chi connectivity index (χ0v) is 7.11. The van der Waals surface area contributed by atoms with Crippen LogP contribution in [0.25, 0.3) is 0 Å². The first-order valence-electron chi connectivity index (χ1n) is 3.57. The van der Waals surface area contributed by atoms with Gasteiger partial charge in [-0.25, -0.2) is 4.39 Å². The van der Waals surface area contributed by atoms with E-state index in [4.69, 9.17) is 11.6 Å². The van der Waals surface area contributed by atoms with E-state index in [1.807, 2.05) is 13.0 Å². The third kappa shape index (κ3) is 2.89. The van der Waals surface area contributed by atoms with Crippen molar-refractivity contribution in [2.45, 2.75) is 18.7 Å². The Hall–Kier alpha value is -0.560. The fourth-order valence-electron chi connectivity index (χ4n) is 0.989. The van der Waals surface area contributed by atoms with Gasteiger partial charge in [0.2, 0.25) is 0 Å². The molecule has 0 saturated carbocycles. The van der Waals surface area contributed by atoms with Crippen LogP contribution < -0.4 is 0 Å². The molecule has 0 spiro atoms. The van der Waals surface area contributed by atoms with Gasteiger partial charge in [0, 0.05) is 5.38 Å². The summed E-state index contributed by atoms with van der Waals surface area (Å²) in [5.74, 6) is -0.195. The van der Waals surface area contributed by atoms with Gasteiger partial charge < -0.3 is 0 Å². The van der Waals surface area contributed by atoms with E-state index in [0.717, 1.165) is 12.0 Å². The van der Waals surface area contributed by atoms with Crippen LogP contribution in [0.1, 0.15) is 12.5 Å². The van der Waals surface area contributed by atoms with E-state index < -0.39 is 0 Å². The normalized spacial score (nSPS) is 13.0. The SMILES string of the molecule is CC(Cl)Cc1cccc(F)c1. The lowest BCUT2D eigenvalue weighted by Crippen LogP contribution is -1.96. The molecule has 1 rings (SSSR count). The second-order valence-corrected chi connectivity index (χ2v) is 3.36. The summed E-state index contributed by atoms with van der Waals surface area (Å²) in [6, 6.07) is 6.52. The minimum absolute atomic E-state index is 0.0665. The standard InChI is InChI=1S/C9H10ClF/c1-7(10)5-8-3-2-4-9(11)6-8/h2-4,6-7H,5H2,1H3. The van der Waals surface area contributed by atoms with Crippen LogP contribution in [-0.2, 0) is 6.42 Å². The van der Waals surface area contributed by atoms with E-state index in [1.54, 1.807) is 6.07 Å². The molecular formula is C9H10ClF. The summed E-state index contributed by atoms with van der Waals surface area (Å²) in [4.78, 5) is 0. The Morgan fingerprint density at radius 3 is 2.82 bits per heavy atom. The van der Waals surface area contributed by atoms with Crippen LogP contribution in [0.3, 0.4) is 0 Å². The molecule has 60 valence electrons. The van der Waals surface area contributed by atoms with Crippen molar-refractivity contribution in [1.29, 1.82) is 0 Å². The second kappa shape index (κ2) is 3.72. The first-order chi connectivity index (χ1) is 5.18. The molecule has 0 saturated heterocycles. The molecule has 0 aliphatic rings. The molecule has 11 heavy (non-hydrogen) atoms. The zero-order valence-electron chi connectivity index (χ0n) is 6.35. The second-order valence-electron chi connectivity index (χ2n) is 2.61. The number of rotatable bonds is 2. The van der Waals surface area contributed by atoms with E-state index >= 15 is 0 Å². The maximum Gasteiger partial charge on any atom is 0.123 e. The van der Waals surface area contributed by atoms with E-state index in [-0.39, 0.29) is 11.2 Å². The number of hydrogen-bond acceptors (Lipinski definition) is 0. The average Bonchev–Trinajstić information content (AvgIpc) is 1.85. The van der Waals surface area contributed by atoms with Crippen LogP contribution in [0.4, 0.5) is 4.39 Å². The summed E-state index contributed by atoms with van der Waals surface area (Å²) in [5, 5.41) is 0.0665. The van der Waals surface area contributed by atoms with Crippen molar-refractivity contribution in [2.24, 2.45) is 0 Å². The summed E-state index contributed by atoms with van der Waals surface area (Å²) in [5.41, 5.74) is 0.951. The number of hydrogen-bond donors (Lipinski definition) is 0. The summed E-state index contributed by atoms with van der Waals surface area (Å²) in [6.07, 6.45) is 0.722. The van der Waals surface area contributed by atoms with Gasteiger partial charge >= 0.3 is 0 Å². The Morgan fingerprint density at radius 1 is 1.55 bits per heavy atom. The average molecular weight is 173 g/mol. The minimum Gasteiger partial charge on any atom is -0.207 e. The zero-order chi connectivity index (χ0) is 8.27. The lowest BCUT2D eigenvalue weighted by molar-refractivity contribution is 0.625. The fourth-order valence-corrected chi connectivity index (χ4v) is 1.17. The van der Waals surface area contributed by atoms with E-state index in [9.17, 15) is 4.39 Å². The molecule has 0 fully saturated rings. The van der Waals surface area contributed by atoms with Crippen molar-refractivity contribution in [3.05, 3.63) is 35.6 Å². The molecule has 0 heterocycles. The molecule has 0 N–H and O–H groups in total. The lowest BCUT2D eigenvalue weighted by Gasteiger charge is -2.01. The lowest BCUT2D eigenvalue weighted by atomic mass is 10.1. The molecule has 1 aromatic carbocycles. The molecule has 1 unspecified atom stereocenters. The van der Waals surface area contributed by atoms with Gasteiger partial charge in [0.25, 0.3) is 0 Å². The topological polar surface area (TPSA) is 0 Å². The Kier molecular flexibility index (Phi) is 2.89. The van der Waals surface area contributed by atoms with E-state index in [1.165, 1.54) is 12.1 Å². The van der Waals surface area contributed by atoms with Gasteiger partial charge in [0.15, 0.2) is 0 Å². The van der Waals surface area contributed by atoms with Crippen LogP contribution in [0.5, 0.6) is 0 Å². The molecule has 1 atom stereocenters. The van der Waals surface area contributed by atoms with Crippen molar-refractivity contribution in [2.75, 3.05) is 0 Å². The largest absolute Gasteiger partial charge is 0.207 e. The molecular weight excluding hydrogens is 163 g/mol. The fraction of sp³-hybridized carbons (Fsp3) is 0.333. The van der Waals surface area contributed by atoms with Crippen molar-refractivity contribution < 1.29 is 4.39 Å². The number of halogens is 2. The van der Waals surface area contributed by atoms with E-state index in [0.29, 0.717) is 0 Å². The highest BCUT2D eigenvalue weighted by atomic mass is 35.5. The maximum atomic E-state index is 12.6. The van der Waals surface area contributed by atoms with Crippen molar-refractivity contribution >= 4 is 11.6 Å². The molecule has 0 radical (unpaired) electrons. The third-order valence-electron chi connectivity index (χ3n) is 1.41. The quantitative estimate of drug-likeness (QED) is 0.602. The Labute approximate surface area is 71.0 Å². The molecule has 0 aliphatic heterocycles. The van der Waals surface area contributed by atoms with Gasteiger partial charge in [-0.1, -0.05) is 12.1 Å². The Bertz CT molecular complexity index is 233. The van der Waals surface area contributed by atoms with Gasteiger partial charge in [-0.2, -0.15) is 0 Å². The van der Waals surface area contributed by atoms with Crippen molar-refractivity contribution in [1.82, 2.24) is 0 Å².